The molecule has 5 rings (SSSR count). The standard InChI is InChI=1S/C27H36N2O3S/c1-33(30,31)28-25-18-27(16-17-27)29(19-21-8-4-2-5-9-21)26(25)20-32-24-14-12-23(13-15-24)22-10-6-3-7-11-22/h2-11,23-26,28H,12-20H2,1H3/t23?,24?,25-,26-/m0/s1. The van der Waals surface area contributed by atoms with E-state index in [1.165, 1.54) is 17.4 Å². The maximum absolute atomic E-state index is 12.1. The van der Waals surface area contributed by atoms with Crippen molar-refractivity contribution < 1.29 is 13.2 Å². The van der Waals surface area contributed by atoms with E-state index in [1.807, 2.05) is 6.07 Å². The van der Waals surface area contributed by atoms with Gasteiger partial charge in [0, 0.05) is 18.1 Å². The summed E-state index contributed by atoms with van der Waals surface area (Å²) in [7, 11) is -3.27. The van der Waals surface area contributed by atoms with E-state index < -0.39 is 10.0 Å². The molecule has 1 heterocycles. The lowest BCUT2D eigenvalue weighted by Crippen LogP contribution is -2.48. The Balaban J connectivity index is 1.25. The molecule has 0 amide bonds. The number of nitrogens with zero attached hydrogens (tertiary/aromatic N) is 1. The summed E-state index contributed by atoms with van der Waals surface area (Å²) >= 11 is 0. The van der Waals surface area contributed by atoms with Gasteiger partial charge >= 0.3 is 0 Å². The smallest absolute Gasteiger partial charge is 0.209 e. The van der Waals surface area contributed by atoms with Crippen LogP contribution in [0.3, 0.4) is 0 Å². The fourth-order valence-electron chi connectivity index (χ4n) is 6.06. The summed E-state index contributed by atoms with van der Waals surface area (Å²) in [4.78, 5) is 2.54. The highest BCUT2D eigenvalue weighted by Crippen LogP contribution is 2.52. The summed E-state index contributed by atoms with van der Waals surface area (Å²) in [5.41, 5.74) is 2.84. The van der Waals surface area contributed by atoms with Crippen LogP contribution in [0.5, 0.6) is 0 Å². The number of hydrogen-bond donors (Lipinski definition) is 1. The van der Waals surface area contributed by atoms with Gasteiger partial charge < -0.3 is 4.74 Å². The van der Waals surface area contributed by atoms with Gasteiger partial charge in [-0.15, -0.1) is 0 Å². The fraction of sp³-hybridized carbons (Fsp3) is 0.556. The molecule has 178 valence electrons. The van der Waals surface area contributed by atoms with Crippen LogP contribution >= 0.6 is 0 Å². The maximum atomic E-state index is 12.1. The SMILES string of the molecule is CS(=O)(=O)N[C@H]1CC2(CC2)N(Cc2ccccc2)[C@H]1COC1CCC(c2ccccc2)CC1. The van der Waals surface area contributed by atoms with E-state index in [1.54, 1.807) is 0 Å². The minimum atomic E-state index is -3.27. The van der Waals surface area contributed by atoms with Gasteiger partial charge in [0.1, 0.15) is 0 Å². The Bertz CT molecular complexity index is 1020. The molecule has 1 N–H and O–H groups in total. The van der Waals surface area contributed by atoms with E-state index in [0.29, 0.717) is 12.5 Å². The van der Waals surface area contributed by atoms with E-state index in [2.05, 4.69) is 64.2 Å². The van der Waals surface area contributed by atoms with Crippen LogP contribution in [0.2, 0.25) is 0 Å². The first-order valence-electron chi connectivity index (χ1n) is 12.4. The lowest BCUT2D eigenvalue weighted by atomic mass is 9.83. The number of benzene rings is 2. The molecule has 5 nitrogen and oxygen atoms in total. The molecule has 3 fully saturated rings. The van der Waals surface area contributed by atoms with Crippen LogP contribution in [0.15, 0.2) is 60.7 Å². The van der Waals surface area contributed by atoms with Crippen LogP contribution in [0.4, 0.5) is 0 Å². The summed E-state index contributed by atoms with van der Waals surface area (Å²) < 4.78 is 33.7. The Morgan fingerprint density at radius 1 is 0.970 bits per heavy atom. The van der Waals surface area contributed by atoms with E-state index in [4.69, 9.17) is 4.74 Å². The maximum Gasteiger partial charge on any atom is 0.209 e. The number of nitrogens with one attached hydrogen (secondary N) is 1. The largest absolute Gasteiger partial charge is 0.377 e. The zero-order chi connectivity index (χ0) is 22.9. The molecule has 0 unspecified atom stereocenters. The van der Waals surface area contributed by atoms with Crippen molar-refractivity contribution in [1.82, 2.24) is 9.62 Å². The molecule has 0 bridgehead atoms. The number of likely N-dealkylation sites (tertiary alicyclic amines) is 1. The third-order valence-electron chi connectivity index (χ3n) is 7.91. The predicted molar refractivity (Wildman–Crippen MR) is 132 cm³/mol. The first-order valence-corrected chi connectivity index (χ1v) is 14.3. The van der Waals surface area contributed by atoms with Gasteiger partial charge in [0.05, 0.1) is 25.0 Å². The Labute approximate surface area is 198 Å². The first-order chi connectivity index (χ1) is 15.9. The second-order valence-corrected chi connectivity index (χ2v) is 12.1. The topological polar surface area (TPSA) is 58.6 Å². The highest BCUT2D eigenvalue weighted by atomic mass is 32.2. The zero-order valence-corrected chi connectivity index (χ0v) is 20.3. The Morgan fingerprint density at radius 3 is 2.21 bits per heavy atom. The highest BCUT2D eigenvalue weighted by molar-refractivity contribution is 7.88. The van der Waals surface area contributed by atoms with Crippen molar-refractivity contribution in [3.8, 4) is 0 Å². The first kappa shape index (κ1) is 23.0. The fourth-order valence-corrected chi connectivity index (χ4v) is 6.85. The van der Waals surface area contributed by atoms with Crippen LogP contribution in [-0.4, -0.2) is 49.9 Å². The van der Waals surface area contributed by atoms with Gasteiger partial charge in [0.25, 0.3) is 0 Å². The molecule has 2 aromatic rings. The normalized spacial score (nSPS) is 29.4. The molecule has 1 aliphatic heterocycles. The molecule has 2 atom stereocenters. The van der Waals surface area contributed by atoms with Gasteiger partial charge in [-0.05, 0) is 62.0 Å². The quantitative estimate of drug-likeness (QED) is 0.622. The van der Waals surface area contributed by atoms with Gasteiger partial charge in [0.2, 0.25) is 10.0 Å². The minimum absolute atomic E-state index is 0.0641. The summed E-state index contributed by atoms with van der Waals surface area (Å²) in [6.07, 6.45) is 9.14. The zero-order valence-electron chi connectivity index (χ0n) is 19.5. The molecule has 2 aliphatic carbocycles. The third kappa shape index (κ3) is 5.51. The molecular weight excluding hydrogens is 432 g/mol. The van der Waals surface area contributed by atoms with E-state index in [0.717, 1.165) is 51.5 Å². The van der Waals surface area contributed by atoms with Gasteiger partial charge in [-0.25, -0.2) is 13.1 Å². The van der Waals surface area contributed by atoms with Crippen LogP contribution in [0, 0.1) is 0 Å². The van der Waals surface area contributed by atoms with Gasteiger partial charge in [-0.2, -0.15) is 0 Å². The number of hydrogen-bond acceptors (Lipinski definition) is 4. The molecule has 1 spiro atoms. The number of sulfonamides is 1. The molecule has 6 heteroatoms. The summed E-state index contributed by atoms with van der Waals surface area (Å²) in [5, 5.41) is 0. The lowest BCUT2D eigenvalue weighted by molar-refractivity contribution is -0.0141. The predicted octanol–water partition coefficient (Wildman–Crippen LogP) is 4.45. The van der Waals surface area contributed by atoms with Crippen molar-refractivity contribution in [1.29, 1.82) is 0 Å². The van der Waals surface area contributed by atoms with E-state index >= 15 is 0 Å². The highest BCUT2D eigenvalue weighted by Gasteiger charge is 2.58. The Morgan fingerprint density at radius 2 is 1.61 bits per heavy atom. The van der Waals surface area contributed by atoms with Crippen molar-refractivity contribution >= 4 is 10.0 Å². The molecule has 0 radical (unpaired) electrons. The summed E-state index contributed by atoms with van der Waals surface area (Å²) in [6.45, 7) is 1.43. The summed E-state index contributed by atoms with van der Waals surface area (Å²) in [5.74, 6) is 0.626. The molecule has 3 aliphatic rings. The van der Waals surface area contributed by atoms with Crippen LogP contribution in [0.1, 0.15) is 62.0 Å². The van der Waals surface area contributed by atoms with Crippen molar-refractivity contribution in [3.05, 3.63) is 71.8 Å². The Kier molecular flexibility index (Phi) is 6.62. The van der Waals surface area contributed by atoms with Crippen molar-refractivity contribution in [2.24, 2.45) is 0 Å². The second-order valence-electron chi connectivity index (χ2n) is 10.3. The number of ether oxygens (including phenoxy) is 1. The molecule has 2 aromatic carbocycles. The Hall–Kier alpha value is -1.73. The average Bonchev–Trinajstić information content (AvgIpc) is 3.53. The average molecular weight is 469 g/mol. The van der Waals surface area contributed by atoms with Gasteiger partial charge in [-0.1, -0.05) is 60.7 Å². The molecular formula is C27H36N2O3S. The van der Waals surface area contributed by atoms with Crippen molar-refractivity contribution in [2.45, 2.75) is 81.1 Å². The molecule has 33 heavy (non-hydrogen) atoms. The lowest BCUT2D eigenvalue weighted by Gasteiger charge is -2.34. The van der Waals surface area contributed by atoms with Crippen molar-refractivity contribution in [2.75, 3.05) is 12.9 Å². The van der Waals surface area contributed by atoms with Crippen molar-refractivity contribution in [3.63, 3.8) is 0 Å². The van der Waals surface area contributed by atoms with Gasteiger partial charge in [-0.3, -0.25) is 4.90 Å². The van der Waals surface area contributed by atoms with E-state index in [9.17, 15) is 8.42 Å². The monoisotopic (exact) mass is 468 g/mol. The van der Waals surface area contributed by atoms with E-state index in [-0.39, 0.29) is 23.7 Å². The van der Waals surface area contributed by atoms with Gasteiger partial charge in [0.15, 0.2) is 0 Å². The molecule has 2 saturated carbocycles. The van der Waals surface area contributed by atoms with Crippen LogP contribution in [-0.2, 0) is 21.3 Å². The minimum Gasteiger partial charge on any atom is -0.377 e. The summed E-state index contributed by atoms with van der Waals surface area (Å²) in [6, 6.07) is 21.3. The van der Waals surface area contributed by atoms with Crippen LogP contribution in [0.25, 0.3) is 0 Å². The molecule has 1 saturated heterocycles. The third-order valence-corrected chi connectivity index (χ3v) is 8.64. The number of rotatable bonds is 8. The van der Waals surface area contributed by atoms with Crippen LogP contribution < -0.4 is 4.72 Å². The second kappa shape index (κ2) is 9.49. The molecule has 0 aromatic heterocycles.